The molecule has 2 rings (SSSR count). The van der Waals surface area contributed by atoms with Crippen LogP contribution in [0.25, 0.3) is 0 Å². The zero-order chi connectivity index (χ0) is 14.5. The second-order valence-electron chi connectivity index (χ2n) is 4.96. The molecule has 1 unspecified atom stereocenters. The Bertz CT molecular complexity index is 581. The largest absolute Gasteiger partial charge is 0.310 e. The van der Waals surface area contributed by atoms with Crippen LogP contribution in [0.5, 0.6) is 0 Å². The third-order valence-corrected chi connectivity index (χ3v) is 3.92. The molecular formula is C17H19Cl2N. The molecule has 1 atom stereocenters. The molecule has 0 saturated carbocycles. The number of likely N-dealkylation sites (N-methyl/N-ethyl adjacent to an activating group) is 1. The lowest BCUT2D eigenvalue weighted by Crippen LogP contribution is -2.23. The highest BCUT2D eigenvalue weighted by atomic mass is 35.5. The van der Waals surface area contributed by atoms with Gasteiger partial charge in [0.05, 0.1) is 0 Å². The van der Waals surface area contributed by atoms with Gasteiger partial charge in [0.2, 0.25) is 0 Å². The van der Waals surface area contributed by atoms with Gasteiger partial charge in [0.15, 0.2) is 0 Å². The summed E-state index contributed by atoms with van der Waals surface area (Å²) in [5.41, 5.74) is 3.53. The van der Waals surface area contributed by atoms with Crippen LogP contribution in [0.4, 0.5) is 0 Å². The molecule has 106 valence electrons. The minimum absolute atomic E-state index is 0.221. The summed E-state index contributed by atoms with van der Waals surface area (Å²) in [5, 5.41) is 5.09. The molecule has 0 aromatic heterocycles. The van der Waals surface area contributed by atoms with Crippen LogP contribution in [0, 0.1) is 6.92 Å². The van der Waals surface area contributed by atoms with E-state index in [-0.39, 0.29) is 6.04 Å². The molecule has 0 aliphatic rings. The van der Waals surface area contributed by atoms with Gasteiger partial charge in [-0.1, -0.05) is 54.4 Å². The monoisotopic (exact) mass is 307 g/mol. The van der Waals surface area contributed by atoms with Crippen LogP contribution in [0.15, 0.2) is 42.5 Å². The second kappa shape index (κ2) is 7.12. The van der Waals surface area contributed by atoms with Gasteiger partial charge >= 0.3 is 0 Å². The summed E-state index contributed by atoms with van der Waals surface area (Å²) in [5.74, 6) is 0. The first kappa shape index (κ1) is 15.4. The molecule has 0 aliphatic heterocycles. The smallest absolute Gasteiger partial charge is 0.0441 e. The summed E-state index contributed by atoms with van der Waals surface area (Å²) in [6.07, 6.45) is 0.854. The fraction of sp³-hybridized carbons (Fsp3) is 0.294. The van der Waals surface area contributed by atoms with Gasteiger partial charge in [-0.3, -0.25) is 0 Å². The normalized spacial score (nSPS) is 12.4. The summed E-state index contributed by atoms with van der Waals surface area (Å²) >= 11 is 12.4. The van der Waals surface area contributed by atoms with E-state index in [0.717, 1.165) is 28.6 Å². The fourth-order valence-corrected chi connectivity index (χ4v) is 2.83. The van der Waals surface area contributed by atoms with Crippen molar-refractivity contribution in [3.8, 4) is 0 Å². The number of hydrogen-bond acceptors (Lipinski definition) is 1. The SMILES string of the molecule is CCNC(Cc1ccc(C)cc1Cl)c1cccc(Cl)c1. The van der Waals surface area contributed by atoms with Crippen LogP contribution < -0.4 is 5.32 Å². The van der Waals surface area contributed by atoms with Gasteiger partial charge < -0.3 is 5.32 Å². The lowest BCUT2D eigenvalue weighted by Gasteiger charge is -2.19. The molecule has 1 N–H and O–H groups in total. The number of aryl methyl sites for hydroxylation is 1. The van der Waals surface area contributed by atoms with E-state index < -0.39 is 0 Å². The Kier molecular flexibility index (Phi) is 5.47. The van der Waals surface area contributed by atoms with E-state index in [2.05, 4.69) is 37.4 Å². The molecule has 0 bridgehead atoms. The third kappa shape index (κ3) is 3.99. The Morgan fingerprint density at radius 2 is 1.90 bits per heavy atom. The van der Waals surface area contributed by atoms with Crippen molar-refractivity contribution < 1.29 is 0 Å². The average Bonchev–Trinajstić information content (AvgIpc) is 2.41. The first-order chi connectivity index (χ1) is 9.60. The maximum atomic E-state index is 6.34. The van der Waals surface area contributed by atoms with E-state index in [1.54, 1.807) is 0 Å². The average molecular weight is 308 g/mol. The predicted molar refractivity (Wildman–Crippen MR) is 87.8 cm³/mol. The lowest BCUT2D eigenvalue weighted by molar-refractivity contribution is 0.550. The van der Waals surface area contributed by atoms with Gasteiger partial charge in [-0.05, 0) is 54.8 Å². The topological polar surface area (TPSA) is 12.0 Å². The fourth-order valence-electron chi connectivity index (χ4n) is 2.32. The summed E-state index contributed by atoms with van der Waals surface area (Å²) in [4.78, 5) is 0. The van der Waals surface area contributed by atoms with Crippen molar-refractivity contribution in [2.75, 3.05) is 6.54 Å². The van der Waals surface area contributed by atoms with Crippen LogP contribution in [0.3, 0.4) is 0 Å². The molecule has 0 fully saturated rings. The van der Waals surface area contributed by atoms with Crippen molar-refractivity contribution in [2.24, 2.45) is 0 Å². The van der Waals surface area contributed by atoms with Crippen molar-refractivity contribution in [1.29, 1.82) is 0 Å². The van der Waals surface area contributed by atoms with Crippen LogP contribution >= 0.6 is 23.2 Å². The Hall–Kier alpha value is -1.02. The Morgan fingerprint density at radius 1 is 1.10 bits per heavy atom. The molecule has 0 heterocycles. The molecule has 0 aliphatic carbocycles. The van der Waals surface area contributed by atoms with Gasteiger partial charge in [0.1, 0.15) is 0 Å². The minimum atomic E-state index is 0.221. The van der Waals surface area contributed by atoms with Crippen molar-refractivity contribution >= 4 is 23.2 Å². The van der Waals surface area contributed by atoms with Gasteiger partial charge in [-0.2, -0.15) is 0 Å². The van der Waals surface area contributed by atoms with Crippen LogP contribution in [0.2, 0.25) is 10.0 Å². The zero-order valence-electron chi connectivity index (χ0n) is 11.8. The van der Waals surface area contributed by atoms with Crippen LogP contribution in [-0.2, 0) is 6.42 Å². The highest BCUT2D eigenvalue weighted by Crippen LogP contribution is 2.26. The van der Waals surface area contributed by atoms with Crippen molar-refractivity contribution in [2.45, 2.75) is 26.3 Å². The van der Waals surface area contributed by atoms with E-state index in [0.29, 0.717) is 0 Å². The Morgan fingerprint density at radius 3 is 2.55 bits per heavy atom. The van der Waals surface area contributed by atoms with Crippen molar-refractivity contribution in [1.82, 2.24) is 5.32 Å². The van der Waals surface area contributed by atoms with Crippen LogP contribution in [0.1, 0.15) is 29.7 Å². The Balaban J connectivity index is 2.25. The Labute approximate surface area is 130 Å². The lowest BCUT2D eigenvalue weighted by atomic mass is 9.98. The summed E-state index contributed by atoms with van der Waals surface area (Å²) < 4.78 is 0. The quantitative estimate of drug-likeness (QED) is 0.801. The number of rotatable bonds is 5. The summed E-state index contributed by atoms with van der Waals surface area (Å²) in [6.45, 7) is 5.06. The molecule has 3 heteroatoms. The second-order valence-corrected chi connectivity index (χ2v) is 5.81. The van der Waals surface area contributed by atoms with Gasteiger partial charge in [-0.15, -0.1) is 0 Å². The standard InChI is InChI=1S/C17H19Cl2N/c1-3-20-17(14-5-4-6-15(18)10-14)11-13-8-7-12(2)9-16(13)19/h4-10,17,20H,3,11H2,1-2H3. The minimum Gasteiger partial charge on any atom is -0.310 e. The van der Waals surface area contributed by atoms with Crippen molar-refractivity contribution in [3.05, 3.63) is 69.2 Å². The highest BCUT2D eigenvalue weighted by molar-refractivity contribution is 6.31. The first-order valence-corrected chi connectivity index (χ1v) is 7.59. The molecular weight excluding hydrogens is 289 g/mol. The molecule has 0 saturated heterocycles. The number of halogens is 2. The molecule has 0 radical (unpaired) electrons. The number of hydrogen-bond donors (Lipinski definition) is 1. The number of nitrogens with one attached hydrogen (secondary N) is 1. The van der Waals surface area contributed by atoms with Gasteiger partial charge in [-0.25, -0.2) is 0 Å². The van der Waals surface area contributed by atoms with E-state index in [4.69, 9.17) is 23.2 Å². The summed E-state index contributed by atoms with van der Waals surface area (Å²) in [7, 11) is 0. The molecule has 2 aromatic rings. The van der Waals surface area contributed by atoms with E-state index in [1.807, 2.05) is 24.3 Å². The van der Waals surface area contributed by atoms with E-state index in [1.165, 1.54) is 11.1 Å². The van der Waals surface area contributed by atoms with Crippen LogP contribution in [-0.4, -0.2) is 6.54 Å². The third-order valence-electron chi connectivity index (χ3n) is 3.33. The predicted octanol–water partition coefficient (Wildman–Crippen LogP) is 5.20. The molecule has 1 nitrogen and oxygen atoms in total. The molecule has 2 aromatic carbocycles. The first-order valence-electron chi connectivity index (χ1n) is 6.84. The number of benzene rings is 2. The maximum absolute atomic E-state index is 6.34. The highest BCUT2D eigenvalue weighted by Gasteiger charge is 2.13. The van der Waals surface area contributed by atoms with E-state index in [9.17, 15) is 0 Å². The molecule has 20 heavy (non-hydrogen) atoms. The summed E-state index contributed by atoms with van der Waals surface area (Å²) in [6, 6.07) is 14.4. The maximum Gasteiger partial charge on any atom is 0.0441 e. The van der Waals surface area contributed by atoms with E-state index >= 15 is 0 Å². The molecule has 0 spiro atoms. The zero-order valence-corrected chi connectivity index (χ0v) is 13.3. The van der Waals surface area contributed by atoms with Crippen molar-refractivity contribution in [3.63, 3.8) is 0 Å². The molecule has 0 amide bonds. The van der Waals surface area contributed by atoms with Gasteiger partial charge in [0, 0.05) is 16.1 Å². The van der Waals surface area contributed by atoms with Gasteiger partial charge in [0.25, 0.3) is 0 Å².